The van der Waals surface area contributed by atoms with E-state index in [9.17, 15) is 18.0 Å². The maximum atomic E-state index is 12.6. The highest BCUT2D eigenvalue weighted by Gasteiger charge is 2.31. The maximum Gasteiger partial charge on any atom is 0.416 e. The van der Waals surface area contributed by atoms with Crippen molar-refractivity contribution in [3.05, 3.63) is 64.7 Å². The minimum atomic E-state index is -4.43. The standard InChI is InChI=1S/C24H28F3N3O3/c1-15-14-16(8-13-19(15)33-23(2,3)22(31)32-4)6-5-7-20(28)30-21(29)17-9-11-18(12-10-17)24(25,26)27/h8-14H,5-7H2,1-4H3,(H3,28,29,30). The van der Waals surface area contributed by atoms with Crippen LogP contribution in [-0.2, 0) is 22.1 Å². The zero-order valence-electron chi connectivity index (χ0n) is 19.0. The molecule has 3 N–H and O–H groups in total. The van der Waals surface area contributed by atoms with Crippen molar-refractivity contribution in [3.63, 3.8) is 0 Å². The average molecular weight is 464 g/mol. The van der Waals surface area contributed by atoms with Crippen LogP contribution in [0.5, 0.6) is 5.75 Å². The minimum absolute atomic E-state index is 0.188. The van der Waals surface area contributed by atoms with Crippen molar-refractivity contribution in [2.75, 3.05) is 7.11 Å². The fourth-order valence-corrected chi connectivity index (χ4v) is 3.10. The van der Waals surface area contributed by atoms with Gasteiger partial charge in [0.15, 0.2) is 11.4 Å². The number of ether oxygens (including phenoxy) is 2. The lowest BCUT2D eigenvalue weighted by Gasteiger charge is -2.24. The zero-order chi connectivity index (χ0) is 24.8. The molecule has 33 heavy (non-hydrogen) atoms. The predicted octanol–water partition coefficient (Wildman–Crippen LogP) is 5.05. The molecule has 0 saturated heterocycles. The highest BCUT2D eigenvalue weighted by Crippen LogP contribution is 2.29. The molecule has 2 rings (SSSR count). The highest BCUT2D eigenvalue weighted by atomic mass is 19.4. The number of benzene rings is 2. The van der Waals surface area contributed by atoms with Crippen molar-refractivity contribution in [3.8, 4) is 5.75 Å². The van der Waals surface area contributed by atoms with E-state index < -0.39 is 23.3 Å². The topological polar surface area (TPSA) is 97.8 Å². The first kappa shape index (κ1) is 25.9. The Morgan fingerprint density at radius 2 is 1.76 bits per heavy atom. The van der Waals surface area contributed by atoms with Gasteiger partial charge in [-0.2, -0.15) is 13.2 Å². The minimum Gasteiger partial charge on any atom is -0.476 e. The Labute approximate surface area is 191 Å². The first-order chi connectivity index (χ1) is 15.3. The van der Waals surface area contributed by atoms with Crippen molar-refractivity contribution in [2.24, 2.45) is 10.7 Å². The van der Waals surface area contributed by atoms with Crippen LogP contribution in [0.1, 0.15) is 48.9 Å². The van der Waals surface area contributed by atoms with E-state index in [1.165, 1.54) is 19.2 Å². The normalized spacial score (nSPS) is 12.4. The van der Waals surface area contributed by atoms with E-state index in [0.29, 0.717) is 25.0 Å². The van der Waals surface area contributed by atoms with Gasteiger partial charge in [0.25, 0.3) is 0 Å². The van der Waals surface area contributed by atoms with Gasteiger partial charge in [-0.1, -0.05) is 24.3 Å². The summed E-state index contributed by atoms with van der Waals surface area (Å²) < 4.78 is 48.5. The summed E-state index contributed by atoms with van der Waals surface area (Å²) in [5.41, 5.74) is 6.19. The summed E-state index contributed by atoms with van der Waals surface area (Å²) in [5, 5.41) is 7.96. The van der Waals surface area contributed by atoms with Gasteiger partial charge in [-0.25, -0.2) is 9.79 Å². The molecular weight excluding hydrogens is 435 g/mol. The molecular formula is C24H28F3N3O3. The van der Waals surface area contributed by atoms with E-state index in [1.54, 1.807) is 19.9 Å². The molecule has 178 valence electrons. The number of alkyl halides is 3. The number of esters is 1. The van der Waals surface area contributed by atoms with Crippen molar-refractivity contribution in [1.82, 2.24) is 0 Å². The monoisotopic (exact) mass is 463 g/mol. The van der Waals surface area contributed by atoms with Crippen LogP contribution in [0.4, 0.5) is 13.2 Å². The Morgan fingerprint density at radius 1 is 1.12 bits per heavy atom. The third-order valence-electron chi connectivity index (χ3n) is 4.92. The van der Waals surface area contributed by atoms with Gasteiger partial charge >= 0.3 is 12.1 Å². The number of nitrogens with one attached hydrogen (secondary N) is 1. The predicted molar refractivity (Wildman–Crippen MR) is 121 cm³/mol. The van der Waals surface area contributed by atoms with Gasteiger partial charge in [-0.3, -0.25) is 5.41 Å². The van der Waals surface area contributed by atoms with Crippen LogP contribution in [0.2, 0.25) is 0 Å². The van der Waals surface area contributed by atoms with Gasteiger partial charge in [0.2, 0.25) is 0 Å². The lowest BCUT2D eigenvalue weighted by atomic mass is 10.0. The third-order valence-corrected chi connectivity index (χ3v) is 4.92. The number of carbonyl (C=O) groups is 1. The van der Waals surface area contributed by atoms with Crippen molar-refractivity contribution in [2.45, 2.75) is 51.8 Å². The van der Waals surface area contributed by atoms with Crippen LogP contribution >= 0.6 is 0 Å². The molecule has 0 aromatic heterocycles. The van der Waals surface area contributed by atoms with Crippen LogP contribution in [0, 0.1) is 12.3 Å². The Balaban J connectivity index is 1.92. The molecule has 0 amide bonds. The summed E-state index contributed by atoms with van der Waals surface area (Å²) in [6, 6.07) is 9.89. The Kier molecular flexibility index (Phi) is 8.24. The summed E-state index contributed by atoms with van der Waals surface area (Å²) in [7, 11) is 1.31. The molecule has 0 heterocycles. The van der Waals surface area contributed by atoms with Crippen LogP contribution in [0.25, 0.3) is 0 Å². The number of nitrogens with zero attached hydrogens (tertiary/aromatic N) is 1. The van der Waals surface area contributed by atoms with Gasteiger partial charge in [0.1, 0.15) is 11.6 Å². The summed E-state index contributed by atoms with van der Waals surface area (Å²) in [6.07, 6.45) is -2.63. The Morgan fingerprint density at radius 3 is 2.30 bits per heavy atom. The van der Waals surface area contributed by atoms with Gasteiger partial charge < -0.3 is 15.2 Å². The molecule has 0 unspecified atom stereocenters. The maximum absolute atomic E-state index is 12.6. The van der Waals surface area contributed by atoms with Crippen molar-refractivity contribution in [1.29, 1.82) is 5.41 Å². The molecule has 6 nitrogen and oxygen atoms in total. The number of nitrogens with two attached hydrogens (primary N) is 1. The van der Waals surface area contributed by atoms with Crippen LogP contribution < -0.4 is 10.5 Å². The van der Waals surface area contributed by atoms with Crippen molar-refractivity contribution >= 4 is 17.6 Å². The fourth-order valence-electron chi connectivity index (χ4n) is 3.10. The lowest BCUT2D eigenvalue weighted by Crippen LogP contribution is -2.39. The van der Waals surface area contributed by atoms with E-state index in [-0.39, 0.29) is 17.2 Å². The van der Waals surface area contributed by atoms with E-state index in [2.05, 4.69) is 4.99 Å². The fraction of sp³-hybridized carbons (Fsp3) is 0.375. The van der Waals surface area contributed by atoms with Crippen LogP contribution in [-0.4, -0.2) is 30.4 Å². The molecule has 2 aromatic carbocycles. The molecule has 0 bridgehead atoms. The van der Waals surface area contributed by atoms with E-state index in [0.717, 1.165) is 23.3 Å². The number of hydrogen-bond acceptors (Lipinski definition) is 4. The van der Waals surface area contributed by atoms with E-state index in [1.807, 2.05) is 19.1 Å². The number of aliphatic imine (C=N–C) groups is 1. The molecule has 2 aromatic rings. The molecule has 0 aliphatic heterocycles. The molecule has 0 aliphatic rings. The quantitative estimate of drug-likeness (QED) is 0.325. The second kappa shape index (κ2) is 10.5. The van der Waals surface area contributed by atoms with Gasteiger partial charge in [0.05, 0.1) is 12.7 Å². The first-order valence-corrected chi connectivity index (χ1v) is 10.3. The van der Waals surface area contributed by atoms with E-state index in [4.69, 9.17) is 20.6 Å². The second-order valence-electron chi connectivity index (χ2n) is 8.08. The summed E-state index contributed by atoms with van der Waals surface area (Å²) in [6.45, 7) is 5.15. The first-order valence-electron chi connectivity index (χ1n) is 10.3. The summed E-state index contributed by atoms with van der Waals surface area (Å²) in [5.74, 6) is 0.158. The largest absolute Gasteiger partial charge is 0.476 e. The molecule has 0 atom stereocenters. The number of methoxy groups -OCH3 is 1. The molecule has 0 spiro atoms. The molecule has 0 aliphatic carbocycles. The summed E-state index contributed by atoms with van der Waals surface area (Å²) in [4.78, 5) is 15.8. The second-order valence-corrected chi connectivity index (χ2v) is 8.08. The van der Waals surface area contributed by atoms with Crippen molar-refractivity contribution < 1.29 is 27.4 Å². The molecule has 0 radical (unpaired) electrons. The number of rotatable bonds is 8. The van der Waals surface area contributed by atoms with Gasteiger partial charge in [0, 0.05) is 12.0 Å². The Bertz CT molecular complexity index is 1030. The number of aryl methyl sites for hydroxylation is 2. The lowest BCUT2D eigenvalue weighted by molar-refractivity contribution is -0.156. The number of halogens is 3. The molecule has 9 heteroatoms. The third kappa shape index (κ3) is 7.34. The number of carbonyl (C=O) groups excluding carboxylic acids is 1. The van der Waals surface area contributed by atoms with E-state index >= 15 is 0 Å². The Hall–Kier alpha value is -3.36. The smallest absolute Gasteiger partial charge is 0.416 e. The van der Waals surface area contributed by atoms with Crippen LogP contribution in [0.15, 0.2) is 47.5 Å². The van der Waals surface area contributed by atoms with Crippen LogP contribution in [0.3, 0.4) is 0 Å². The number of hydrogen-bond donors (Lipinski definition) is 2. The molecule has 0 saturated carbocycles. The summed E-state index contributed by atoms with van der Waals surface area (Å²) >= 11 is 0. The molecule has 0 fully saturated rings. The SMILES string of the molecule is COC(=O)C(C)(C)Oc1ccc(CCCC(N)=NC(=N)c2ccc(C(F)(F)F)cc2)cc1C. The number of amidine groups is 2. The van der Waals surface area contributed by atoms with Gasteiger partial charge in [-0.15, -0.1) is 0 Å². The zero-order valence-corrected chi connectivity index (χ0v) is 19.0. The van der Waals surface area contributed by atoms with Gasteiger partial charge in [-0.05, 0) is 62.9 Å². The average Bonchev–Trinajstić information content (AvgIpc) is 2.74. The highest BCUT2D eigenvalue weighted by molar-refractivity contribution is 6.04.